The summed E-state index contributed by atoms with van der Waals surface area (Å²) in [5, 5.41) is 0.786. The number of nitrogens with zero attached hydrogens (tertiary/aromatic N) is 1. The molecular formula is C11H15Cl2N. The van der Waals surface area contributed by atoms with Gasteiger partial charge in [0.25, 0.3) is 0 Å². The molecule has 3 heteroatoms. The van der Waals surface area contributed by atoms with Crippen molar-refractivity contribution in [2.24, 2.45) is 0 Å². The molecule has 0 aromatic heterocycles. The summed E-state index contributed by atoms with van der Waals surface area (Å²) in [5.74, 6) is 0.682. The maximum atomic E-state index is 5.81. The average Bonchev–Trinajstić information content (AvgIpc) is 2.20. The zero-order chi connectivity index (χ0) is 10.4. The Bertz CT molecular complexity index is 258. The maximum Gasteiger partial charge on any atom is 0.0406 e. The Hall–Kier alpha value is -0.240. The van der Waals surface area contributed by atoms with Crippen LogP contribution in [-0.2, 0) is 6.54 Å². The summed E-state index contributed by atoms with van der Waals surface area (Å²) in [6.07, 6.45) is 0. The van der Waals surface area contributed by atoms with Crippen molar-refractivity contribution >= 4 is 23.2 Å². The maximum absolute atomic E-state index is 5.81. The Morgan fingerprint density at radius 2 is 1.86 bits per heavy atom. The van der Waals surface area contributed by atoms with Gasteiger partial charge < -0.3 is 0 Å². The quantitative estimate of drug-likeness (QED) is 0.703. The molecule has 0 spiro atoms. The third-order valence-electron chi connectivity index (χ3n) is 2.17. The second-order valence-corrected chi connectivity index (χ2v) is 4.00. The van der Waals surface area contributed by atoms with E-state index in [0.717, 1.165) is 24.7 Å². The summed E-state index contributed by atoms with van der Waals surface area (Å²) in [7, 11) is 0. The van der Waals surface area contributed by atoms with E-state index in [0.29, 0.717) is 5.88 Å². The van der Waals surface area contributed by atoms with Crippen molar-refractivity contribution in [1.82, 2.24) is 4.90 Å². The topological polar surface area (TPSA) is 3.24 Å². The molecule has 0 amide bonds. The van der Waals surface area contributed by atoms with E-state index < -0.39 is 0 Å². The van der Waals surface area contributed by atoms with E-state index in [9.17, 15) is 0 Å². The van der Waals surface area contributed by atoms with Crippen LogP contribution in [0.3, 0.4) is 0 Å². The van der Waals surface area contributed by atoms with Crippen molar-refractivity contribution in [1.29, 1.82) is 0 Å². The van der Waals surface area contributed by atoms with Crippen LogP contribution in [0.4, 0.5) is 0 Å². The van der Waals surface area contributed by atoms with Gasteiger partial charge in [0.05, 0.1) is 0 Å². The van der Waals surface area contributed by atoms with Crippen LogP contribution in [0, 0.1) is 0 Å². The number of hydrogen-bond donors (Lipinski definition) is 0. The van der Waals surface area contributed by atoms with Crippen LogP contribution in [0.25, 0.3) is 0 Å². The zero-order valence-corrected chi connectivity index (χ0v) is 9.85. The summed E-state index contributed by atoms with van der Waals surface area (Å²) >= 11 is 11.5. The molecule has 0 aliphatic heterocycles. The molecule has 78 valence electrons. The molecule has 0 saturated carbocycles. The highest BCUT2D eigenvalue weighted by Gasteiger charge is 2.02. The second kappa shape index (κ2) is 6.28. The molecule has 1 aromatic carbocycles. The van der Waals surface area contributed by atoms with Crippen molar-refractivity contribution in [3.8, 4) is 0 Å². The smallest absolute Gasteiger partial charge is 0.0406 e. The monoisotopic (exact) mass is 231 g/mol. The summed E-state index contributed by atoms with van der Waals surface area (Å²) in [5.41, 5.74) is 1.28. The fourth-order valence-electron chi connectivity index (χ4n) is 1.32. The minimum atomic E-state index is 0.682. The average molecular weight is 232 g/mol. The van der Waals surface area contributed by atoms with Gasteiger partial charge in [-0.2, -0.15) is 0 Å². The Morgan fingerprint density at radius 3 is 2.36 bits per heavy atom. The molecular weight excluding hydrogens is 217 g/mol. The first-order valence-corrected chi connectivity index (χ1v) is 5.70. The predicted octanol–water partition coefficient (Wildman–Crippen LogP) is 3.40. The first kappa shape index (κ1) is 11.8. The Kier molecular flexibility index (Phi) is 5.31. The SMILES string of the molecule is CCN(CCCl)Cc1ccc(Cl)cc1. The molecule has 0 saturated heterocycles. The third-order valence-corrected chi connectivity index (χ3v) is 2.59. The van der Waals surface area contributed by atoms with Gasteiger partial charge in [-0.25, -0.2) is 0 Å². The lowest BCUT2D eigenvalue weighted by Gasteiger charge is -2.18. The molecule has 1 aromatic rings. The van der Waals surface area contributed by atoms with Crippen molar-refractivity contribution in [3.05, 3.63) is 34.9 Å². The third kappa shape index (κ3) is 3.87. The van der Waals surface area contributed by atoms with E-state index in [1.165, 1.54) is 5.56 Å². The van der Waals surface area contributed by atoms with Gasteiger partial charge >= 0.3 is 0 Å². The number of benzene rings is 1. The molecule has 0 fully saturated rings. The van der Waals surface area contributed by atoms with Gasteiger partial charge in [0.1, 0.15) is 0 Å². The fourth-order valence-corrected chi connectivity index (χ4v) is 1.68. The van der Waals surface area contributed by atoms with Crippen molar-refractivity contribution < 1.29 is 0 Å². The Morgan fingerprint density at radius 1 is 1.21 bits per heavy atom. The zero-order valence-electron chi connectivity index (χ0n) is 8.34. The Labute approximate surface area is 95.6 Å². The van der Waals surface area contributed by atoms with Crippen molar-refractivity contribution in [3.63, 3.8) is 0 Å². The first-order chi connectivity index (χ1) is 6.76. The van der Waals surface area contributed by atoms with Gasteiger partial charge in [0.2, 0.25) is 0 Å². The minimum absolute atomic E-state index is 0.682. The van der Waals surface area contributed by atoms with Crippen LogP contribution in [0.2, 0.25) is 5.02 Å². The lowest BCUT2D eigenvalue weighted by Crippen LogP contribution is -2.24. The molecule has 0 aliphatic rings. The number of halogens is 2. The largest absolute Gasteiger partial charge is 0.298 e. The highest BCUT2D eigenvalue weighted by Crippen LogP contribution is 2.11. The standard InChI is InChI=1S/C11H15Cl2N/c1-2-14(8-7-12)9-10-3-5-11(13)6-4-10/h3-6H,2,7-9H2,1H3. The normalized spacial score (nSPS) is 10.9. The van der Waals surface area contributed by atoms with E-state index in [1.807, 2.05) is 12.1 Å². The van der Waals surface area contributed by atoms with Crippen LogP contribution < -0.4 is 0 Å². The van der Waals surface area contributed by atoms with Crippen LogP contribution in [0.15, 0.2) is 24.3 Å². The molecule has 0 unspecified atom stereocenters. The molecule has 1 nitrogen and oxygen atoms in total. The van der Waals surface area contributed by atoms with Gasteiger partial charge in [-0.05, 0) is 24.2 Å². The molecule has 0 bridgehead atoms. The summed E-state index contributed by atoms with van der Waals surface area (Å²) in [6, 6.07) is 7.95. The second-order valence-electron chi connectivity index (χ2n) is 3.18. The van der Waals surface area contributed by atoms with E-state index in [-0.39, 0.29) is 0 Å². The van der Waals surface area contributed by atoms with Crippen molar-refractivity contribution in [2.45, 2.75) is 13.5 Å². The summed E-state index contributed by atoms with van der Waals surface area (Å²) < 4.78 is 0. The van der Waals surface area contributed by atoms with E-state index in [2.05, 4.69) is 24.0 Å². The molecule has 0 N–H and O–H groups in total. The van der Waals surface area contributed by atoms with Gasteiger partial charge in [-0.1, -0.05) is 30.7 Å². The lowest BCUT2D eigenvalue weighted by atomic mass is 10.2. The molecule has 1 rings (SSSR count). The highest BCUT2D eigenvalue weighted by atomic mass is 35.5. The number of rotatable bonds is 5. The van der Waals surface area contributed by atoms with Gasteiger partial charge in [-0.15, -0.1) is 11.6 Å². The molecule has 0 aliphatic carbocycles. The minimum Gasteiger partial charge on any atom is -0.298 e. The van der Waals surface area contributed by atoms with E-state index >= 15 is 0 Å². The van der Waals surface area contributed by atoms with Crippen LogP contribution >= 0.6 is 23.2 Å². The van der Waals surface area contributed by atoms with Gasteiger partial charge in [0.15, 0.2) is 0 Å². The molecule has 14 heavy (non-hydrogen) atoms. The van der Waals surface area contributed by atoms with Crippen LogP contribution in [0.1, 0.15) is 12.5 Å². The van der Waals surface area contributed by atoms with Gasteiger partial charge in [-0.3, -0.25) is 4.90 Å². The summed E-state index contributed by atoms with van der Waals surface area (Å²) in [6.45, 7) is 5.04. The molecule has 0 atom stereocenters. The van der Waals surface area contributed by atoms with Crippen LogP contribution in [-0.4, -0.2) is 23.9 Å². The number of alkyl halides is 1. The Balaban J connectivity index is 2.53. The van der Waals surface area contributed by atoms with Crippen LogP contribution in [0.5, 0.6) is 0 Å². The molecule has 0 heterocycles. The first-order valence-electron chi connectivity index (χ1n) is 4.79. The van der Waals surface area contributed by atoms with E-state index in [4.69, 9.17) is 23.2 Å². The van der Waals surface area contributed by atoms with Crippen molar-refractivity contribution in [2.75, 3.05) is 19.0 Å². The van der Waals surface area contributed by atoms with E-state index in [1.54, 1.807) is 0 Å². The van der Waals surface area contributed by atoms with Gasteiger partial charge in [0, 0.05) is 24.0 Å². The predicted molar refractivity (Wildman–Crippen MR) is 63.1 cm³/mol. The summed E-state index contributed by atoms with van der Waals surface area (Å²) in [4.78, 5) is 2.30. The lowest BCUT2D eigenvalue weighted by molar-refractivity contribution is 0.297. The molecule has 0 radical (unpaired) electrons. The fraction of sp³-hybridized carbons (Fsp3) is 0.455. The number of hydrogen-bond acceptors (Lipinski definition) is 1. The highest BCUT2D eigenvalue weighted by molar-refractivity contribution is 6.30.